The largest absolute Gasteiger partial charge is 0.494 e. The summed E-state index contributed by atoms with van der Waals surface area (Å²) in [5, 5.41) is 0. The van der Waals surface area contributed by atoms with Gasteiger partial charge in [0, 0.05) is 24.9 Å². The smallest absolute Gasteiger partial charge is 0.490 e. The summed E-state index contributed by atoms with van der Waals surface area (Å²) in [6, 6.07) is 8.72. The first kappa shape index (κ1) is 17.9. The second kappa shape index (κ2) is 6.27. The quantitative estimate of drug-likeness (QED) is 0.614. The molecule has 0 N–H and O–H groups in total. The summed E-state index contributed by atoms with van der Waals surface area (Å²) >= 11 is 0. The number of benzene rings is 1. The van der Waals surface area contributed by atoms with Crippen molar-refractivity contribution in [3.63, 3.8) is 0 Å². The lowest BCUT2D eigenvalue weighted by atomic mass is 9.79. The van der Waals surface area contributed by atoms with Crippen molar-refractivity contribution in [2.45, 2.75) is 82.8 Å². The van der Waals surface area contributed by atoms with Crippen molar-refractivity contribution in [1.29, 1.82) is 0 Å². The molecule has 3 aliphatic heterocycles. The molecular formula is C20H28BNO4. The van der Waals surface area contributed by atoms with Crippen LogP contribution < -0.4 is 10.2 Å². The van der Waals surface area contributed by atoms with Crippen molar-refractivity contribution in [3.05, 3.63) is 24.3 Å². The second-order valence-corrected chi connectivity index (χ2v) is 8.81. The fourth-order valence-corrected chi connectivity index (χ4v) is 4.31. The van der Waals surface area contributed by atoms with Crippen LogP contribution in [0.1, 0.15) is 53.4 Å². The molecule has 5 nitrogen and oxygen atoms in total. The number of rotatable bonds is 4. The van der Waals surface area contributed by atoms with Crippen molar-refractivity contribution in [2.24, 2.45) is 0 Å². The Hall–Kier alpha value is -1.53. The molecule has 1 aromatic rings. The Balaban J connectivity index is 1.39. The Morgan fingerprint density at radius 3 is 2.08 bits per heavy atom. The summed E-state index contributed by atoms with van der Waals surface area (Å²) in [5.41, 5.74) is 0.337. The van der Waals surface area contributed by atoms with Crippen molar-refractivity contribution in [1.82, 2.24) is 4.90 Å². The molecule has 0 aromatic heterocycles. The lowest BCUT2D eigenvalue weighted by molar-refractivity contribution is -0.123. The zero-order chi connectivity index (χ0) is 18.5. The van der Waals surface area contributed by atoms with Crippen molar-refractivity contribution < 1.29 is 18.8 Å². The fourth-order valence-electron chi connectivity index (χ4n) is 4.31. The molecule has 0 spiro atoms. The van der Waals surface area contributed by atoms with Gasteiger partial charge >= 0.3 is 7.12 Å². The van der Waals surface area contributed by atoms with Crippen LogP contribution in [0.3, 0.4) is 0 Å². The van der Waals surface area contributed by atoms with Gasteiger partial charge in [-0.15, -0.1) is 0 Å². The molecule has 0 radical (unpaired) electrons. The normalized spacial score (nSPS) is 31.9. The van der Waals surface area contributed by atoms with E-state index < -0.39 is 0 Å². The minimum atomic E-state index is -0.347. The highest BCUT2D eigenvalue weighted by Gasteiger charge is 2.51. The molecule has 0 aliphatic carbocycles. The van der Waals surface area contributed by atoms with E-state index in [1.807, 2.05) is 29.2 Å². The molecule has 3 atom stereocenters. The number of amides is 1. The zero-order valence-electron chi connectivity index (χ0n) is 16.1. The highest BCUT2D eigenvalue weighted by Crippen LogP contribution is 2.37. The molecule has 1 unspecified atom stereocenters. The summed E-state index contributed by atoms with van der Waals surface area (Å²) in [5.74, 6) is 0.870. The molecule has 1 amide bonds. The Labute approximate surface area is 156 Å². The van der Waals surface area contributed by atoms with Gasteiger partial charge in [0.2, 0.25) is 6.41 Å². The zero-order valence-corrected chi connectivity index (χ0v) is 16.1. The Bertz CT molecular complexity index is 645. The molecule has 26 heavy (non-hydrogen) atoms. The summed E-state index contributed by atoms with van der Waals surface area (Å²) in [4.78, 5) is 13.2. The van der Waals surface area contributed by atoms with Crippen LogP contribution in [0.25, 0.3) is 0 Å². The molecule has 0 saturated carbocycles. The third-order valence-corrected chi connectivity index (χ3v) is 6.58. The standard InChI is InChI=1S/C20H28BNO4/c1-19(2)20(3,4)26-21(25-19)14-5-9-17(10-6-14)24-18-11-15-7-8-16(12-18)22(15)13-23/h5-6,9-10,13,15-16,18H,7-8,11-12H2,1-4H3/t15-,16+,18?. The van der Waals surface area contributed by atoms with Gasteiger partial charge in [-0.3, -0.25) is 4.79 Å². The highest BCUT2D eigenvalue weighted by atomic mass is 16.7. The van der Waals surface area contributed by atoms with Gasteiger partial charge in [0.15, 0.2) is 0 Å². The first-order chi connectivity index (χ1) is 12.3. The number of hydrogen-bond acceptors (Lipinski definition) is 4. The van der Waals surface area contributed by atoms with Gasteiger partial charge in [-0.2, -0.15) is 0 Å². The van der Waals surface area contributed by atoms with Crippen molar-refractivity contribution in [3.8, 4) is 5.75 Å². The van der Waals surface area contributed by atoms with Crippen molar-refractivity contribution in [2.75, 3.05) is 0 Å². The van der Waals surface area contributed by atoms with E-state index in [0.29, 0.717) is 12.1 Å². The highest BCUT2D eigenvalue weighted by molar-refractivity contribution is 6.62. The van der Waals surface area contributed by atoms with Crippen LogP contribution in [-0.4, -0.2) is 47.8 Å². The van der Waals surface area contributed by atoms with Gasteiger partial charge < -0.3 is 18.9 Å². The number of nitrogens with zero attached hydrogens (tertiary/aromatic N) is 1. The molecule has 3 heterocycles. The fraction of sp³-hybridized carbons (Fsp3) is 0.650. The number of piperidine rings is 1. The van der Waals surface area contributed by atoms with Crippen LogP contribution in [0.2, 0.25) is 0 Å². The predicted octanol–water partition coefficient (Wildman–Crippen LogP) is 2.52. The van der Waals surface area contributed by atoms with Gasteiger partial charge in [0.25, 0.3) is 0 Å². The van der Waals surface area contributed by atoms with Crippen LogP contribution in [0.15, 0.2) is 24.3 Å². The minimum Gasteiger partial charge on any atom is -0.490 e. The second-order valence-electron chi connectivity index (χ2n) is 8.81. The lowest BCUT2D eigenvalue weighted by Gasteiger charge is -2.36. The van der Waals surface area contributed by atoms with Crippen LogP contribution in [0.4, 0.5) is 0 Å². The van der Waals surface area contributed by atoms with Crippen molar-refractivity contribution >= 4 is 19.0 Å². The molecule has 4 rings (SSSR count). The maximum absolute atomic E-state index is 11.2. The number of ether oxygens (including phenoxy) is 1. The molecule has 1 aromatic carbocycles. The van der Waals surface area contributed by atoms with E-state index in [9.17, 15) is 4.79 Å². The van der Waals surface area contributed by atoms with E-state index in [1.165, 1.54) is 0 Å². The van der Waals surface area contributed by atoms with E-state index in [-0.39, 0.29) is 24.4 Å². The van der Waals surface area contributed by atoms with Gasteiger partial charge in [0.1, 0.15) is 11.9 Å². The number of carbonyl (C=O) groups is 1. The van der Waals surface area contributed by atoms with Gasteiger partial charge in [-0.25, -0.2) is 0 Å². The average molecular weight is 357 g/mol. The predicted molar refractivity (Wildman–Crippen MR) is 101 cm³/mol. The average Bonchev–Trinajstić information content (AvgIpc) is 2.96. The number of fused-ring (bicyclic) bond motifs is 2. The maximum Gasteiger partial charge on any atom is 0.494 e. The molecule has 2 bridgehead atoms. The Kier molecular flexibility index (Phi) is 4.31. The first-order valence-corrected chi connectivity index (χ1v) is 9.64. The van der Waals surface area contributed by atoms with E-state index in [0.717, 1.165) is 43.3 Å². The molecule has 3 fully saturated rings. The molecule has 3 saturated heterocycles. The van der Waals surface area contributed by atoms with Crippen LogP contribution in [0, 0.1) is 0 Å². The Morgan fingerprint density at radius 1 is 1.04 bits per heavy atom. The van der Waals surface area contributed by atoms with Crippen LogP contribution in [-0.2, 0) is 14.1 Å². The Morgan fingerprint density at radius 2 is 1.58 bits per heavy atom. The van der Waals surface area contributed by atoms with Gasteiger partial charge in [-0.1, -0.05) is 12.1 Å². The summed E-state index contributed by atoms with van der Waals surface area (Å²) in [7, 11) is -0.347. The summed E-state index contributed by atoms with van der Waals surface area (Å²) < 4.78 is 18.4. The molecular weight excluding hydrogens is 329 g/mol. The third-order valence-electron chi connectivity index (χ3n) is 6.58. The van der Waals surface area contributed by atoms with Gasteiger partial charge in [0.05, 0.1) is 11.2 Å². The van der Waals surface area contributed by atoms with Crippen LogP contribution >= 0.6 is 0 Å². The van der Waals surface area contributed by atoms with E-state index in [4.69, 9.17) is 14.0 Å². The minimum absolute atomic E-state index is 0.186. The topological polar surface area (TPSA) is 48.0 Å². The summed E-state index contributed by atoms with van der Waals surface area (Å²) in [6.07, 6.45) is 5.25. The van der Waals surface area contributed by atoms with E-state index in [2.05, 4.69) is 27.7 Å². The third kappa shape index (κ3) is 3.03. The monoisotopic (exact) mass is 357 g/mol. The van der Waals surface area contributed by atoms with Gasteiger partial charge in [-0.05, 0) is 58.1 Å². The SMILES string of the molecule is CC1(C)OB(c2ccc(OC3C[C@H]4CC[C@@H](C3)N4C=O)cc2)OC1(C)C. The summed E-state index contributed by atoms with van der Waals surface area (Å²) in [6.45, 7) is 8.24. The molecule has 140 valence electrons. The first-order valence-electron chi connectivity index (χ1n) is 9.64. The number of hydrogen-bond donors (Lipinski definition) is 0. The molecule has 3 aliphatic rings. The van der Waals surface area contributed by atoms with E-state index >= 15 is 0 Å². The lowest BCUT2D eigenvalue weighted by Crippen LogP contribution is -2.45. The van der Waals surface area contributed by atoms with Crippen LogP contribution in [0.5, 0.6) is 5.75 Å². The van der Waals surface area contributed by atoms with E-state index in [1.54, 1.807) is 0 Å². The number of carbonyl (C=O) groups excluding carboxylic acids is 1. The maximum atomic E-state index is 11.2. The molecule has 6 heteroatoms.